The van der Waals surface area contributed by atoms with Gasteiger partial charge in [0.1, 0.15) is 0 Å². The fraction of sp³-hybridized carbons (Fsp3) is 0.667. The summed E-state index contributed by atoms with van der Waals surface area (Å²) in [6.07, 6.45) is 4.04. The van der Waals surface area contributed by atoms with Crippen LogP contribution in [0.15, 0.2) is 17.2 Å². The van der Waals surface area contributed by atoms with Gasteiger partial charge in [-0.05, 0) is 18.9 Å². The minimum atomic E-state index is -3.33. The molecule has 2 N–H and O–H groups in total. The lowest BCUT2D eigenvalue weighted by atomic mass is 10.4. The van der Waals surface area contributed by atoms with E-state index in [9.17, 15) is 8.42 Å². The summed E-state index contributed by atoms with van der Waals surface area (Å²) in [7, 11) is -3.33. The summed E-state index contributed by atoms with van der Waals surface area (Å²) >= 11 is 0. The maximum Gasteiger partial charge on any atom is 0.244 e. The van der Waals surface area contributed by atoms with E-state index in [2.05, 4.69) is 10.3 Å². The molecule has 0 aliphatic heterocycles. The number of nitrogens with one attached hydrogen (secondary N) is 2. The van der Waals surface area contributed by atoms with Crippen LogP contribution in [0.5, 0.6) is 0 Å². The normalized spacial score (nSPS) is 16.4. The van der Waals surface area contributed by atoms with E-state index >= 15 is 0 Å². The lowest BCUT2D eigenvalue weighted by Gasteiger charge is -2.16. The molecule has 0 aromatic carbocycles. The second-order valence-electron chi connectivity index (χ2n) is 4.61. The lowest BCUT2D eigenvalue weighted by molar-refractivity contribution is 0.445. The van der Waals surface area contributed by atoms with Gasteiger partial charge in [0.2, 0.25) is 10.0 Å². The van der Waals surface area contributed by atoms with Crippen LogP contribution in [-0.4, -0.2) is 36.8 Å². The first kappa shape index (κ1) is 13.6. The highest BCUT2D eigenvalue weighted by atomic mass is 32.2. The smallest absolute Gasteiger partial charge is 0.244 e. The van der Waals surface area contributed by atoms with Gasteiger partial charge in [-0.15, -0.1) is 0 Å². The Labute approximate surface area is 109 Å². The number of aromatic amines is 1. The van der Waals surface area contributed by atoms with E-state index in [1.165, 1.54) is 17.1 Å². The molecule has 0 bridgehead atoms. The molecule has 1 saturated carbocycles. The zero-order valence-electron chi connectivity index (χ0n) is 10.9. The second-order valence-corrected chi connectivity index (χ2v) is 6.54. The first-order chi connectivity index (χ1) is 8.57. The van der Waals surface area contributed by atoms with Crippen LogP contribution in [0.3, 0.4) is 0 Å². The average Bonchev–Trinajstić information content (AvgIpc) is 3.04. The highest BCUT2D eigenvalue weighted by Crippen LogP contribution is 2.20. The van der Waals surface area contributed by atoms with Crippen LogP contribution < -0.4 is 5.32 Å². The molecule has 0 atom stereocenters. The molecule has 0 saturated heterocycles. The fourth-order valence-electron chi connectivity index (χ4n) is 1.92. The van der Waals surface area contributed by atoms with E-state index in [-0.39, 0.29) is 0 Å². The summed E-state index contributed by atoms with van der Waals surface area (Å²) in [6, 6.07) is 2.35. The molecule has 0 unspecified atom stereocenters. The van der Waals surface area contributed by atoms with Crippen molar-refractivity contribution in [2.75, 3.05) is 13.1 Å². The topological polar surface area (TPSA) is 65.2 Å². The third kappa shape index (κ3) is 2.93. The predicted octanol–water partition coefficient (Wildman–Crippen LogP) is 1.30. The number of nitrogens with zero attached hydrogens (tertiary/aromatic N) is 1. The lowest BCUT2D eigenvalue weighted by Crippen LogP contribution is -2.30. The summed E-state index contributed by atoms with van der Waals surface area (Å²) in [4.78, 5) is 3.39. The first-order valence-electron chi connectivity index (χ1n) is 6.48. The van der Waals surface area contributed by atoms with Gasteiger partial charge in [0.25, 0.3) is 0 Å². The Morgan fingerprint density at radius 3 is 2.61 bits per heavy atom. The zero-order chi connectivity index (χ0) is 13.2. The number of H-pyrrole nitrogens is 1. The molecular formula is C12H21N3O2S. The van der Waals surface area contributed by atoms with E-state index in [0.29, 0.717) is 30.6 Å². The number of hydrogen-bond donors (Lipinski definition) is 2. The van der Waals surface area contributed by atoms with Crippen LogP contribution in [0.4, 0.5) is 0 Å². The maximum atomic E-state index is 12.2. The Morgan fingerprint density at radius 2 is 2.06 bits per heavy atom. The minimum Gasteiger partial charge on any atom is -0.363 e. The molecule has 0 amide bonds. The fourth-order valence-corrected chi connectivity index (χ4v) is 3.40. The van der Waals surface area contributed by atoms with Crippen LogP contribution in [0.2, 0.25) is 0 Å². The van der Waals surface area contributed by atoms with Gasteiger partial charge in [0.05, 0.1) is 4.90 Å². The number of aromatic nitrogens is 1. The van der Waals surface area contributed by atoms with Crippen molar-refractivity contribution in [3.63, 3.8) is 0 Å². The van der Waals surface area contributed by atoms with Crippen LogP contribution in [0.1, 0.15) is 32.4 Å². The summed E-state index contributed by atoms with van der Waals surface area (Å²) in [6.45, 7) is 5.41. The number of hydrogen-bond acceptors (Lipinski definition) is 3. The average molecular weight is 271 g/mol. The van der Waals surface area contributed by atoms with Gasteiger partial charge in [-0.2, -0.15) is 4.31 Å². The standard InChI is InChI=1S/C12H21N3O2S/c1-3-15(4-2)18(16,17)12-7-11(14-9-12)8-13-10-5-6-10/h7,9-10,13-14H,3-6,8H2,1-2H3. The maximum absolute atomic E-state index is 12.2. The van der Waals surface area contributed by atoms with Crippen molar-refractivity contribution in [3.8, 4) is 0 Å². The second kappa shape index (κ2) is 5.42. The molecule has 1 aliphatic rings. The molecule has 102 valence electrons. The van der Waals surface area contributed by atoms with Crippen molar-refractivity contribution in [1.82, 2.24) is 14.6 Å². The zero-order valence-corrected chi connectivity index (χ0v) is 11.8. The van der Waals surface area contributed by atoms with Crippen molar-refractivity contribution in [2.45, 2.75) is 44.2 Å². The highest BCUT2D eigenvalue weighted by molar-refractivity contribution is 7.89. The Bertz CT molecular complexity index is 487. The van der Waals surface area contributed by atoms with Crippen LogP contribution in [0, 0.1) is 0 Å². The Morgan fingerprint density at radius 1 is 1.39 bits per heavy atom. The SMILES string of the molecule is CCN(CC)S(=O)(=O)c1c[nH]c(CNC2CC2)c1. The third-order valence-electron chi connectivity index (χ3n) is 3.22. The van der Waals surface area contributed by atoms with Crippen LogP contribution in [0.25, 0.3) is 0 Å². The van der Waals surface area contributed by atoms with Gasteiger partial charge in [0, 0.05) is 37.6 Å². The van der Waals surface area contributed by atoms with Crippen molar-refractivity contribution in [2.24, 2.45) is 0 Å². The Kier molecular flexibility index (Phi) is 4.09. The van der Waals surface area contributed by atoms with Gasteiger partial charge in [0.15, 0.2) is 0 Å². The first-order valence-corrected chi connectivity index (χ1v) is 7.92. The quantitative estimate of drug-likeness (QED) is 0.785. The molecule has 1 fully saturated rings. The molecule has 0 radical (unpaired) electrons. The molecule has 1 heterocycles. The molecule has 5 nitrogen and oxygen atoms in total. The largest absolute Gasteiger partial charge is 0.363 e. The number of sulfonamides is 1. The molecule has 2 rings (SSSR count). The van der Waals surface area contributed by atoms with Gasteiger partial charge < -0.3 is 10.3 Å². The van der Waals surface area contributed by atoms with E-state index in [0.717, 1.165) is 5.69 Å². The predicted molar refractivity (Wildman–Crippen MR) is 70.8 cm³/mol. The summed E-state index contributed by atoms with van der Waals surface area (Å²) in [5.41, 5.74) is 0.924. The monoisotopic (exact) mass is 271 g/mol. The number of rotatable bonds is 7. The Balaban J connectivity index is 2.07. The highest BCUT2D eigenvalue weighted by Gasteiger charge is 2.24. The molecule has 0 spiro atoms. The third-order valence-corrected chi connectivity index (χ3v) is 5.25. The summed E-state index contributed by atoms with van der Waals surface area (Å²) in [5.74, 6) is 0. The van der Waals surface area contributed by atoms with Crippen LogP contribution >= 0.6 is 0 Å². The van der Waals surface area contributed by atoms with E-state index in [1.807, 2.05) is 13.8 Å². The van der Waals surface area contributed by atoms with Crippen molar-refractivity contribution in [1.29, 1.82) is 0 Å². The molecule has 1 aromatic heterocycles. The molecule has 6 heteroatoms. The Hall–Kier alpha value is -0.850. The van der Waals surface area contributed by atoms with Gasteiger partial charge in [-0.3, -0.25) is 0 Å². The minimum absolute atomic E-state index is 0.360. The molecule has 18 heavy (non-hydrogen) atoms. The van der Waals surface area contributed by atoms with Crippen molar-refractivity contribution in [3.05, 3.63) is 18.0 Å². The van der Waals surface area contributed by atoms with Crippen molar-refractivity contribution < 1.29 is 8.42 Å². The molecule has 1 aliphatic carbocycles. The van der Waals surface area contributed by atoms with Crippen molar-refractivity contribution >= 4 is 10.0 Å². The van der Waals surface area contributed by atoms with E-state index in [4.69, 9.17) is 0 Å². The van der Waals surface area contributed by atoms with Gasteiger partial charge in [-0.1, -0.05) is 13.8 Å². The molecular weight excluding hydrogens is 250 g/mol. The van der Waals surface area contributed by atoms with Crippen LogP contribution in [-0.2, 0) is 16.6 Å². The summed E-state index contributed by atoms with van der Waals surface area (Å²) in [5, 5.41) is 3.36. The summed E-state index contributed by atoms with van der Waals surface area (Å²) < 4.78 is 26.0. The van der Waals surface area contributed by atoms with Gasteiger partial charge in [-0.25, -0.2) is 8.42 Å². The van der Waals surface area contributed by atoms with Gasteiger partial charge >= 0.3 is 0 Å². The molecule has 1 aromatic rings. The van der Waals surface area contributed by atoms with E-state index < -0.39 is 10.0 Å². The van der Waals surface area contributed by atoms with E-state index in [1.54, 1.807) is 12.3 Å².